The molecule has 0 spiro atoms. The normalized spacial score (nSPS) is 18.2. The number of aromatic nitrogens is 1. The summed E-state index contributed by atoms with van der Waals surface area (Å²) in [4.78, 5) is 19.5. The maximum atomic E-state index is 12.5. The standard InChI is InChI=1S/C28H33ClIN3O2/c1-5-33(4)16-18-6-9-21(10-7-18)32-27-22-12-19(8-11-26(22)31-15-23(27)17(2)34)20-13-24(29)28(35)25(14-20)30-3/h8,11-15,18,21,35H,3,5-7,9-10,16H2,1-2,4H3,(H,31,32). The number of hydrogen-bond acceptors (Lipinski definition) is 5. The van der Waals surface area contributed by atoms with Crippen molar-refractivity contribution in [3.8, 4) is 16.9 Å². The zero-order valence-corrected chi connectivity index (χ0v) is 23.5. The number of ketones is 1. The van der Waals surface area contributed by atoms with E-state index in [1.807, 2.05) is 18.2 Å². The van der Waals surface area contributed by atoms with Crippen molar-refractivity contribution in [1.82, 2.24) is 9.88 Å². The zero-order chi connectivity index (χ0) is 25.1. The maximum absolute atomic E-state index is 12.5. The minimum atomic E-state index is -0.574. The molecule has 0 atom stereocenters. The predicted octanol–water partition coefficient (Wildman–Crippen LogP) is 6.96. The number of fused-ring (bicyclic) bond motifs is 1. The van der Waals surface area contributed by atoms with Gasteiger partial charge in [0.2, 0.25) is 0 Å². The molecule has 5 nitrogen and oxygen atoms in total. The summed E-state index contributed by atoms with van der Waals surface area (Å²) in [5.41, 5.74) is 4.22. The van der Waals surface area contributed by atoms with E-state index < -0.39 is 20.7 Å². The molecule has 4 rings (SSSR count). The van der Waals surface area contributed by atoms with Crippen molar-refractivity contribution in [3.05, 3.63) is 50.7 Å². The highest BCUT2D eigenvalue weighted by Gasteiger charge is 2.24. The van der Waals surface area contributed by atoms with Crippen LogP contribution in [0, 0.1) is 9.49 Å². The minimum absolute atomic E-state index is 0.00216. The molecule has 186 valence electrons. The number of phenols is 1. The average Bonchev–Trinajstić information content (AvgIpc) is 2.86. The van der Waals surface area contributed by atoms with E-state index in [4.69, 9.17) is 11.6 Å². The highest BCUT2D eigenvalue weighted by Crippen LogP contribution is 2.38. The lowest BCUT2D eigenvalue weighted by atomic mass is 9.85. The molecular formula is C28H33ClIN3O2. The molecule has 0 aliphatic heterocycles. The van der Waals surface area contributed by atoms with Crippen LogP contribution in [0.15, 0.2) is 36.5 Å². The predicted molar refractivity (Wildman–Crippen MR) is 156 cm³/mol. The first-order valence-corrected chi connectivity index (χ1v) is 15.1. The van der Waals surface area contributed by atoms with Gasteiger partial charge >= 0.3 is 0 Å². The largest absolute Gasteiger partial charge is 0.505 e. The summed E-state index contributed by atoms with van der Waals surface area (Å²) in [6.45, 7) is 6.03. The number of nitrogens with one attached hydrogen (secondary N) is 1. The van der Waals surface area contributed by atoms with E-state index in [0.717, 1.165) is 63.1 Å². The van der Waals surface area contributed by atoms with E-state index in [1.54, 1.807) is 19.2 Å². The number of rotatable bonds is 8. The molecule has 7 heteroatoms. The van der Waals surface area contributed by atoms with Crippen molar-refractivity contribution in [1.29, 1.82) is 0 Å². The van der Waals surface area contributed by atoms with Crippen molar-refractivity contribution in [2.24, 2.45) is 5.92 Å². The number of benzene rings is 2. The van der Waals surface area contributed by atoms with Crippen molar-refractivity contribution < 1.29 is 9.90 Å². The first kappa shape index (κ1) is 26.0. The van der Waals surface area contributed by atoms with E-state index in [9.17, 15) is 9.90 Å². The summed E-state index contributed by atoms with van der Waals surface area (Å²) in [5, 5.41) is 15.2. The lowest BCUT2D eigenvalue weighted by Gasteiger charge is -2.32. The molecule has 0 unspecified atom stereocenters. The molecule has 1 heterocycles. The molecule has 3 aromatic rings. The summed E-state index contributed by atoms with van der Waals surface area (Å²) in [7, 11) is 2.19. The summed E-state index contributed by atoms with van der Waals surface area (Å²) in [5.74, 6) is 0.861. The molecular weight excluding hydrogens is 573 g/mol. The van der Waals surface area contributed by atoms with Crippen LogP contribution in [0.3, 0.4) is 0 Å². The number of carbonyl (C=O) groups is 1. The van der Waals surface area contributed by atoms with Gasteiger partial charge in [0.15, 0.2) is 5.78 Å². The van der Waals surface area contributed by atoms with Gasteiger partial charge in [0.05, 0.1) is 25.4 Å². The topological polar surface area (TPSA) is 65.5 Å². The first-order chi connectivity index (χ1) is 16.8. The Morgan fingerprint density at radius 2 is 1.97 bits per heavy atom. The summed E-state index contributed by atoms with van der Waals surface area (Å²) < 4.78 is 4.82. The molecule has 0 radical (unpaired) electrons. The third-order valence-electron chi connectivity index (χ3n) is 7.05. The van der Waals surface area contributed by atoms with E-state index in [2.05, 4.69) is 39.8 Å². The third kappa shape index (κ3) is 5.87. The van der Waals surface area contributed by atoms with Crippen molar-refractivity contribution in [2.75, 3.05) is 25.5 Å². The van der Waals surface area contributed by atoms with Crippen LogP contribution in [0.1, 0.15) is 49.9 Å². The van der Waals surface area contributed by atoms with E-state index in [0.29, 0.717) is 16.6 Å². The van der Waals surface area contributed by atoms with Gasteiger partial charge in [-0.1, -0.05) is 49.8 Å². The van der Waals surface area contributed by atoms with Gasteiger partial charge in [-0.25, -0.2) is 0 Å². The Bertz CT molecular complexity index is 1250. The van der Waals surface area contributed by atoms with Crippen LogP contribution in [0.4, 0.5) is 5.69 Å². The number of nitrogens with zero attached hydrogens (tertiary/aromatic N) is 2. The average molecular weight is 606 g/mol. The first-order valence-electron chi connectivity index (χ1n) is 12.1. The molecule has 2 N–H and O–H groups in total. The number of hydrogen-bond donors (Lipinski definition) is 2. The van der Waals surface area contributed by atoms with E-state index in [1.165, 1.54) is 12.8 Å². The highest BCUT2D eigenvalue weighted by atomic mass is 127. The molecule has 1 saturated carbocycles. The quantitative estimate of drug-likeness (QED) is 0.215. The molecule has 0 saturated heterocycles. The molecule has 1 aliphatic carbocycles. The van der Waals surface area contributed by atoms with Gasteiger partial charge in [-0.3, -0.25) is 9.78 Å². The molecule has 0 bridgehead atoms. The molecule has 0 amide bonds. The smallest absolute Gasteiger partial charge is 0.163 e. The Morgan fingerprint density at radius 1 is 1.23 bits per heavy atom. The van der Waals surface area contributed by atoms with Crippen molar-refractivity contribution >= 4 is 59.2 Å². The van der Waals surface area contributed by atoms with Crippen LogP contribution >= 0.6 is 32.3 Å². The number of phenolic OH excluding ortho intramolecular Hbond substituents is 1. The maximum Gasteiger partial charge on any atom is 0.163 e. The molecule has 1 aliphatic rings. The summed E-state index contributed by atoms with van der Waals surface area (Å²) in [6.07, 6.45) is 6.25. The fourth-order valence-corrected chi connectivity index (χ4v) is 6.48. The van der Waals surface area contributed by atoms with Crippen LogP contribution in [0.2, 0.25) is 5.02 Å². The fraction of sp³-hybridized carbons (Fsp3) is 0.393. The third-order valence-corrected chi connectivity index (χ3v) is 8.98. The number of anilines is 1. The zero-order valence-electron chi connectivity index (χ0n) is 20.6. The summed E-state index contributed by atoms with van der Waals surface area (Å²) in [6, 6.07) is 10.1. The van der Waals surface area contributed by atoms with E-state index >= 15 is 0 Å². The SMILES string of the molecule is C=Ic1cc(-c2ccc3ncc(C(C)=O)c(NC4CCC(CN(C)CC)CC4)c3c2)cc(Cl)c1O. The number of pyridine rings is 1. The second kappa shape index (κ2) is 11.4. The Morgan fingerprint density at radius 3 is 2.63 bits per heavy atom. The van der Waals surface area contributed by atoms with Crippen LogP contribution in [0.5, 0.6) is 5.75 Å². The van der Waals surface area contributed by atoms with Crippen LogP contribution in [-0.4, -0.2) is 51.5 Å². The van der Waals surface area contributed by atoms with Gasteiger partial charge in [0.1, 0.15) is 5.75 Å². The van der Waals surface area contributed by atoms with Gasteiger partial charge in [-0.15, -0.1) is 0 Å². The monoisotopic (exact) mass is 605 g/mol. The molecule has 1 aromatic heterocycles. The second-order valence-electron chi connectivity index (χ2n) is 9.47. The van der Waals surface area contributed by atoms with Crippen LogP contribution < -0.4 is 5.32 Å². The second-order valence-corrected chi connectivity index (χ2v) is 11.8. The highest BCUT2D eigenvalue weighted by molar-refractivity contribution is 14.2. The Balaban J connectivity index is 1.69. The van der Waals surface area contributed by atoms with Gasteiger partial charge in [0, 0.05) is 24.2 Å². The van der Waals surface area contributed by atoms with Crippen molar-refractivity contribution in [3.63, 3.8) is 0 Å². The van der Waals surface area contributed by atoms with Crippen molar-refractivity contribution in [2.45, 2.75) is 45.6 Å². The number of Topliss-reactive ketones (excluding diaryl/α,β-unsaturated/α-hetero) is 1. The lowest BCUT2D eigenvalue weighted by Crippen LogP contribution is -2.32. The number of carbonyl (C=O) groups excluding carboxylic acids is 1. The minimum Gasteiger partial charge on any atom is -0.505 e. The Hall–Kier alpha value is -2.03. The fourth-order valence-electron chi connectivity index (χ4n) is 4.89. The summed E-state index contributed by atoms with van der Waals surface area (Å²) >= 11 is 5.74. The number of aromatic hydroxyl groups is 1. The lowest BCUT2D eigenvalue weighted by molar-refractivity contribution is 0.101. The van der Waals surface area contributed by atoms with Gasteiger partial charge in [-0.2, -0.15) is 0 Å². The van der Waals surface area contributed by atoms with Gasteiger partial charge in [0.25, 0.3) is 0 Å². The number of halogens is 2. The molecule has 35 heavy (non-hydrogen) atoms. The Kier molecular flexibility index (Phi) is 8.45. The van der Waals surface area contributed by atoms with Gasteiger partial charge in [-0.05, 0) is 87.5 Å². The van der Waals surface area contributed by atoms with Crippen LogP contribution in [0.25, 0.3) is 22.0 Å². The van der Waals surface area contributed by atoms with Crippen LogP contribution in [-0.2, 0) is 0 Å². The molecule has 1 fully saturated rings. The molecule has 2 aromatic carbocycles. The van der Waals surface area contributed by atoms with E-state index in [-0.39, 0.29) is 11.5 Å². The van der Waals surface area contributed by atoms with Gasteiger partial charge < -0.3 is 15.3 Å². The Labute approximate surface area is 222 Å².